The Bertz CT molecular complexity index is 563. The molecule has 140 valence electrons. The Balaban J connectivity index is 2.82. The summed E-state index contributed by atoms with van der Waals surface area (Å²) in [6.45, 7) is 9.48. The molecule has 1 fully saturated rings. The van der Waals surface area contributed by atoms with E-state index in [-0.39, 0.29) is 5.92 Å². The Morgan fingerprint density at radius 2 is 2.00 bits per heavy atom. The number of hydrogen-bond acceptors (Lipinski definition) is 4. The van der Waals surface area contributed by atoms with Gasteiger partial charge in [-0.1, -0.05) is 13.8 Å². The number of hydrogen-bond donors (Lipinski definition) is 1. The number of nitrogens with one attached hydrogen (secondary N) is 1. The number of ether oxygens (including phenoxy) is 1. The highest BCUT2D eigenvalue weighted by Crippen LogP contribution is 2.21. The van der Waals surface area contributed by atoms with Crippen molar-refractivity contribution in [3.05, 3.63) is 10.4 Å². The van der Waals surface area contributed by atoms with E-state index in [1.54, 1.807) is 20.8 Å². The summed E-state index contributed by atoms with van der Waals surface area (Å²) in [5.74, 6) is -1.05. The van der Waals surface area contributed by atoms with Crippen LogP contribution in [-0.2, 0) is 14.3 Å². The third-order valence-corrected chi connectivity index (χ3v) is 3.65. The smallest absolute Gasteiger partial charge is 0.410 e. The molecular formula is C16H27N5O4. The van der Waals surface area contributed by atoms with Crippen LogP contribution in [0.15, 0.2) is 5.11 Å². The van der Waals surface area contributed by atoms with E-state index in [4.69, 9.17) is 10.3 Å². The SMILES string of the molecule is CC(C)C[C@H](NC(=O)[C@@H]1CCCN1C(=O)OC(C)(C)C)C(=O)N=[N+]=[N-]. The van der Waals surface area contributed by atoms with Crippen LogP contribution < -0.4 is 5.32 Å². The molecule has 3 amide bonds. The Morgan fingerprint density at radius 1 is 1.36 bits per heavy atom. The van der Waals surface area contributed by atoms with Crippen LogP contribution in [0, 0.1) is 5.92 Å². The van der Waals surface area contributed by atoms with Crippen molar-refractivity contribution in [1.82, 2.24) is 10.2 Å². The maximum Gasteiger partial charge on any atom is 0.410 e. The molecule has 2 atom stereocenters. The summed E-state index contributed by atoms with van der Waals surface area (Å²) in [6, 6.07) is -1.59. The number of nitrogens with zero attached hydrogens (tertiary/aromatic N) is 4. The van der Waals surface area contributed by atoms with Crippen LogP contribution in [0.4, 0.5) is 4.79 Å². The first kappa shape index (κ1) is 20.8. The lowest BCUT2D eigenvalue weighted by atomic mass is 10.0. The van der Waals surface area contributed by atoms with Crippen molar-refractivity contribution >= 4 is 17.9 Å². The summed E-state index contributed by atoms with van der Waals surface area (Å²) in [4.78, 5) is 40.6. The maximum absolute atomic E-state index is 12.6. The summed E-state index contributed by atoms with van der Waals surface area (Å²) in [6.07, 6.45) is 0.973. The van der Waals surface area contributed by atoms with E-state index < -0.39 is 35.6 Å². The van der Waals surface area contributed by atoms with Gasteiger partial charge in [0, 0.05) is 11.5 Å². The second-order valence-corrected chi connectivity index (χ2v) is 7.55. The van der Waals surface area contributed by atoms with E-state index in [9.17, 15) is 14.4 Å². The van der Waals surface area contributed by atoms with Gasteiger partial charge in [0.25, 0.3) is 0 Å². The first-order valence-corrected chi connectivity index (χ1v) is 8.44. The average Bonchev–Trinajstić information content (AvgIpc) is 2.94. The van der Waals surface area contributed by atoms with Gasteiger partial charge in [0.15, 0.2) is 0 Å². The van der Waals surface area contributed by atoms with Gasteiger partial charge in [-0.05, 0) is 56.6 Å². The van der Waals surface area contributed by atoms with Crippen LogP contribution in [-0.4, -0.2) is 47.0 Å². The molecule has 9 nitrogen and oxygen atoms in total. The highest BCUT2D eigenvalue weighted by Gasteiger charge is 2.37. The third-order valence-electron chi connectivity index (χ3n) is 3.65. The second-order valence-electron chi connectivity index (χ2n) is 7.55. The van der Waals surface area contributed by atoms with Gasteiger partial charge in [-0.3, -0.25) is 14.5 Å². The van der Waals surface area contributed by atoms with E-state index in [1.165, 1.54) is 4.90 Å². The average molecular weight is 353 g/mol. The molecule has 0 aromatic rings. The quantitative estimate of drug-likeness (QED) is 0.463. The summed E-state index contributed by atoms with van der Waals surface area (Å²) in [5.41, 5.74) is 7.79. The van der Waals surface area contributed by atoms with Crippen LogP contribution in [0.5, 0.6) is 0 Å². The van der Waals surface area contributed by atoms with Crippen LogP contribution in [0.25, 0.3) is 10.4 Å². The lowest BCUT2D eigenvalue weighted by molar-refractivity contribution is -0.130. The highest BCUT2D eigenvalue weighted by atomic mass is 16.6. The number of azide groups is 1. The fraction of sp³-hybridized carbons (Fsp3) is 0.812. The number of carbonyl (C=O) groups is 3. The number of rotatable bonds is 5. The van der Waals surface area contributed by atoms with Gasteiger partial charge in [-0.2, -0.15) is 0 Å². The van der Waals surface area contributed by atoms with Crippen LogP contribution in [0.2, 0.25) is 0 Å². The molecular weight excluding hydrogens is 326 g/mol. The molecule has 1 saturated heterocycles. The fourth-order valence-corrected chi connectivity index (χ4v) is 2.65. The van der Waals surface area contributed by atoms with Gasteiger partial charge >= 0.3 is 6.09 Å². The molecule has 0 unspecified atom stereocenters. The van der Waals surface area contributed by atoms with Crippen LogP contribution in [0.3, 0.4) is 0 Å². The first-order chi connectivity index (χ1) is 11.5. The van der Waals surface area contributed by atoms with Crippen LogP contribution >= 0.6 is 0 Å². The number of amides is 3. The van der Waals surface area contributed by atoms with Gasteiger partial charge in [-0.15, -0.1) is 0 Å². The normalized spacial score (nSPS) is 18.5. The Labute approximate surface area is 147 Å². The van der Waals surface area contributed by atoms with Crippen molar-refractivity contribution < 1.29 is 19.1 Å². The minimum Gasteiger partial charge on any atom is -0.444 e. The van der Waals surface area contributed by atoms with E-state index >= 15 is 0 Å². The van der Waals surface area contributed by atoms with E-state index in [0.717, 1.165) is 0 Å². The van der Waals surface area contributed by atoms with Crippen molar-refractivity contribution in [3.8, 4) is 0 Å². The lowest BCUT2D eigenvalue weighted by Gasteiger charge is -2.29. The molecule has 0 aromatic carbocycles. The van der Waals surface area contributed by atoms with Crippen molar-refractivity contribution in [2.45, 2.75) is 71.6 Å². The van der Waals surface area contributed by atoms with Gasteiger partial charge in [0.1, 0.15) is 11.6 Å². The topological polar surface area (TPSA) is 124 Å². The van der Waals surface area contributed by atoms with Crippen molar-refractivity contribution in [2.75, 3.05) is 6.54 Å². The van der Waals surface area contributed by atoms with E-state index in [2.05, 4.69) is 15.3 Å². The van der Waals surface area contributed by atoms with Crippen LogP contribution in [0.1, 0.15) is 53.9 Å². The predicted octanol–water partition coefficient (Wildman–Crippen LogP) is 2.75. The zero-order chi connectivity index (χ0) is 19.2. The van der Waals surface area contributed by atoms with Crippen molar-refractivity contribution in [1.29, 1.82) is 0 Å². The zero-order valence-electron chi connectivity index (χ0n) is 15.5. The highest BCUT2D eigenvalue weighted by molar-refractivity contribution is 5.91. The largest absolute Gasteiger partial charge is 0.444 e. The standard InChI is InChI=1S/C16H27N5O4/c1-10(2)9-11(13(22)19-20-17)18-14(23)12-7-6-8-21(12)15(24)25-16(3,4)5/h10-12H,6-9H2,1-5H3,(H,18,23)/t11-,12-/m0/s1. The molecule has 9 heteroatoms. The fourth-order valence-electron chi connectivity index (χ4n) is 2.65. The molecule has 0 aromatic heterocycles. The molecule has 0 saturated carbocycles. The molecule has 0 bridgehead atoms. The summed E-state index contributed by atoms with van der Waals surface area (Å²) in [7, 11) is 0. The molecule has 1 aliphatic rings. The number of likely N-dealkylation sites (tertiary alicyclic amines) is 1. The molecule has 25 heavy (non-hydrogen) atoms. The van der Waals surface area contributed by atoms with E-state index in [1.807, 2.05) is 13.8 Å². The second kappa shape index (κ2) is 8.71. The van der Waals surface area contributed by atoms with E-state index in [0.29, 0.717) is 25.8 Å². The molecule has 0 aliphatic carbocycles. The molecule has 1 heterocycles. The van der Waals surface area contributed by atoms with Crippen molar-refractivity contribution in [2.24, 2.45) is 11.0 Å². The lowest BCUT2D eigenvalue weighted by Crippen LogP contribution is -2.51. The maximum atomic E-state index is 12.6. The third kappa shape index (κ3) is 6.62. The zero-order valence-corrected chi connectivity index (χ0v) is 15.5. The Kier molecular flexibility index (Phi) is 7.23. The predicted molar refractivity (Wildman–Crippen MR) is 91.5 cm³/mol. The molecule has 1 N–H and O–H groups in total. The Morgan fingerprint density at radius 3 is 2.52 bits per heavy atom. The monoisotopic (exact) mass is 353 g/mol. The minimum absolute atomic E-state index is 0.119. The summed E-state index contributed by atoms with van der Waals surface area (Å²) in [5, 5.41) is 5.70. The van der Waals surface area contributed by atoms with Gasteiger partial charge in [0.2, 0.25) is 11.8 Å². The molecule has 0 radical (unpaired) electrons. The van der Waals surface area contributed by atoms with Crippen molar-refractivity contribution in [3.63, 3.8) is 0 Å². The molecule has 1 rings (SSSR count). The van der Waals surface area contributed by atoms with Gasteiger partial charge < -0.3 is 10.1 Å². The molecule has 0 spiro atoms. The Hall–Kier alpha value is -2.28. The summed E-state index contributed by atoms with van der Waals surface area (Å²) >= 11 is 0. The van der Waals surface area contributed by atoms with Gasteiger partial charge in [-0.25, -0.2) is 4.79 Å². The minimum atomic E-state index is -0.899. The van der Waals surface area contributed by atoms with Gasteiger partial charge in [0.05, 0.1) is 6.04 Å². The first-order valence-electron chi connectivity index (χ1n) is 8.44. The number of carbonyl (C=O) groups excluding carboxylic acids is 3. The molecule has 1 aliphatic heterocycles. The summed E-state index contributed by atoms with van der Waals surface area (Å²) < 4.78 is 5.33.